The van der Waals surface area contributed by atoms with Crippen molar-refractivity contribution in [2.24, 2.45) is 0 Å². The Hall–Kier alpha value is -2.29. The molecule has 2 unspecified atom stereocenters. The number of carbonyl (C=O) groups excluding carboxylic acids is 2. The van der Waals surface area contributed by atoms with E-state index in [1.165, 1.54) is 379 Å². The van der Waals surface area contributed by atoms with E-state index in [1.54, 1.807) is 0 Å². The summed E-state index contributed by atoms with van der Waals surface area (Å²) in [5.74, 6) is -0.770. The summed E-state index contributed by atoms with van der Waals surface area (Å²) in [4.78, 5) is 36.1. The zero-order chi connectivity index (χ0) is 74.0. The molecule has 0 spiro atoms. The highest BCUT2D eigenvalue weighted by Crippen LogP contribution is 2.43. The van der Waals surface area contributed by atoms with E-state index in [0.717, 1.165) is 51.4 Å². The Bertz CT molecular complexity index is 1910. The Morgan fingerprint density at radius 3 is 0.784 bits per heavy atom. The highest BCUT2D eigenvalue weighted by atomic mass is 31.2. The van der Waals surface area contributed by atoms with E-state index in [1.807, 2.05) is 21.1 Å². The normalized spacial score (nSPS) is 13.2. The molecule has 0 aliphatic heterocycles. The molecule has 0 aromatic carbocycles. The van der Waals surface area contributed by atoms with E-state index < -0.39 is 26.5 Å². The molecule has 600 valence electrons. The summed E-state index contributed by atoms with van der Waals surface area (Å²) >= 11 is 0. The maximum absolute atomic E-state index is 12.9. The Balaban J connectivity index is 3.84. The lowest BCUT2D eigenvalue weighted by Crippen LogP contribution is -2.37. The molecule has 0 aromatic rings. The number of hydrogen-bond acceptors (Lipinski definition) is 7. The second-order valence-corrected chi connectivity index (χ2v) is 33.4. The first-order chi connectivity index (χ1) is 50.0. The lowest BCUT2D eigenvalue weighted by atomic mass is 10.0. The van der Waals surface area contributed by atoms with Crippen LogP contribution in [0.5, 0.6) is 0 Å². The van der Waals surface area contributed by atoms with Crippen LogP contribution < -0.4 is 0 Å². The summed E-state index contributed by atoms with van der Waals surface area (Å²) in [5.41, 5.74) is 0. The van der Waals surface area contributed by atoms with Crippen LogP contribution in [0, 0.1) is 0 Å². The first-order valence-electron chi connectivity index (χ1n) is 45.0. The SMILES string of the molecule is CCCCCCC/C=C\C/C=C\C/C=C\CCCCCCCCCCCCCCCCCCCCCCCCCCCCC(=O)OC(COC(=O)CCCCCCCCCCCCCCCCCCCCCCCCCCC/C=C\C/C=C\CCCCCCC)COP(=O)(O)OCC[N+](C)(C)C. The number of esters is 2. The quantitative estimate of drug-likeness (QED) is 0.0211. The molecule has 0 aliphatic carbocycles. The van der Waals surface area contributed by atoms with E-state index in [9.17, 15) is 19.0 Å². The predicted octanol–water partition coefficient (Wildman–Crippen LogP) is 30.4. The topological polar surface area (TPSA) is 108 Å². The highest BCUT2D eigenvalue weighted by molar-refractivity contribution is 7.47. The predicted molar refractivity (Wildman–Crippen MR) is 446 cm³/mol. The minimum absolute atomic E-state index is 0.0348. The van der Waals surface area contributed by atoms with Crippen molar-refractivity contribution in [3.05, 3.63) is 60.8 Å². The van der Waals surface area contributed by atoms with Gasteiger partial charge in [-0.2, -0.15) is 0 Å². The van der Waals surface area contributed by atoms with Gasteiger partial charge in [0.05, 0.1) is 27.7 Å². The summed E-state index contributed by atoms with van der Waals surface area (Å²) in [6.45, 7) is 4.49. The van der Waals surface area contributed by atoms with Crippen molar-refractivity contribution in [3.63, 3.8) is 0 Å². The van der Waals surface area contributed by atoms with Gasteiger partial charge in [0.2, 0.25) is 0 Å². The molecule has 0 radical (unpaired) electrons. The van der Waals surface area contributed by atoms with Gasteiger partial charge in [-0.05, 0) is 83.5 Å². The molecule has 0 amide bonds. The molecule has 0 saturated heterocycles. The monoisotopic (exact) mass is 1450 g/mol. The smallest absolute Gasteiger partial charge is 0.462 e. The average molecular weight is 1450 g/mol. The minimum Gasteiger partial charge on any atom is -0.462 e. The number of carbonyl (C=O) groups is 2. The molecular weight excluding hydrogens is 1280 g/mol. The second-order valence-electron chi connectivity index (χ2n) is 32.0. The number of phosphoric acid groups is 1. The van der Waals surface area contributed by atoms with Gasteiger partial charge in [0.15, 0.2) is 6.10 Å². The highest BCUT2D eigenvalue weighted by Gasteiger charge is 2.27. The number of allylic oxidation sites excluding steroid dienone is 10. The Labute approximate surface area is 636 Å². The summed E-state index contributed by atoms with van der Waals surface area (Å²) in [6.07, 6.45) is 113. The Morgan fingerprint density at radius 2 is 0.529 bits per heavy atom. The van der Waals surface area contributed by atoms with Crippen LogP contribution in [0.4, 0.5) is 0 Å². The Morgan fingerprint density at radius 1 is 0.304 bits per heavy atom. The minimum atomic E-state index is -4.40. The third-order valence-corrected chi connectivity index (χ3v) is 21.5. The van der Waals surface area contributed by atoms with E-state index in [2.05, 4.69) is 74.6 Å². The van der Waals surface area contributed by atoms with Gasteiger partial charge >= 0.3 is 19.8 Å². The fraction of sp³-hybridized carbons (Fsp3) is 0.870. The van der Waals surface area contributed by atoms with Crippen molar-refractivity contribution in [3.8, 4) is 0 Å². The number of unbranched alkanes of at least 4 members (excludes halogenated alkanes) is 61. The van der Waals surface area contributed by atoms with Crippen molar-refractivity contribution in [1.82, 2.24) is 0 Å². The molecule has 102 heavy (non-hydrogen) atoms. The van der Waals surface area contributed by atoms with Gasteiger partial charge in [0, 0.05) is 12.8 Å². The van der Waals surface area contributed by atoms with Crippen molar-refractivity contribution >= 4 is 19.8 Å². The van der Waals surface area contributed by atoms with Crippen LogP contribution in [0.1, 0.15) is 463 Å². The largest absolute Gasteiger partial charge is 0.472 e. The molecule has 1 N–H and O–H groups in total. The summed E-state index contributed by atoms with van der Waals surface area (Å²) in [6, 6.07) is 0. The van der Waals surface area contributed by atoms with Crippen LogP contribution in [0.2, 0.25) is 0 Å². The fourth-order valence-corrected chi connectivity index (χ4v) is 14.4. The van der Waals surface area contributed by atoms with E-state index in [4.69, 9.17) is 18.5 Å². The average Bonchev–Trinajstić information content (AvgIpc) is 0.916. The third-order valence-electron chi connectivity index (χ3n) is 20.5. The zero-order valence-electron chi connectivity index (χ0n) is 68.9. The molecule has 0 bridgehead atoms. The number of quaternary nitrogens is 1. The lowest BCUT2D eigenvalue weighted by Gasteiger charge is -2.24. The summed E-state index contributed by atoms with van der Waals surface area (Å²) < 4.78 is 34.9. The lowest BCUT2D eigenvalue weighted by molar-refractivity contribution is -0.870. The van der Waals surface area contributed by atoms with E-state index in [-0.39, 0.29) is 25.6 Å². The third kappa shape index (κ3) is 86.6. The summed E-state index contributed by atoms with van der Waals surface area (Å²) in [7, 11) is 1.50. The summed E-state index contributed by atoms with van der Waals surface area (Å²) in [5, 5.41) is 0. The van der Waals surface area contributed by atoms with Crippen LogP contribution in [0.15, 0.2) is 60.8 Å². The van der Waals surface area contributed by atoms with Crippen LogP contribution in [0.25, 0.3) is 0 Å². The van der Waals surface area contributed by atoms with Crippen LogP contribution in [-0.4, -0.2) is 74.9 Å². The fourth-order valence-electron chi connectivity index (χ4n) is 13.7. The molecule has 2 atom stereocenters. The van der Waals surface area contributed by atoms with Gasteiger partial charge in [0.1, 0.15) is 19.8 Å². The standard InChI is InChI=1S/C92H174NO8P/c1-6-8-10-12-14-16-18-20-22-24-26-28-30-32-34-36-38-40-42-44-45-46-47-49-51-53-55-57-59-61-63-65-67-69-71-73-75-77-79-81-83-85-92(95)101-90(89-100-102(96,97)99-87-86-93(3,4)5)88-98-91(94)84-82-80-78-76-74-72-70-68-66-64-62-60-58-56-54-52-50-48-43-41-39-37-35-33-31-29-27-25-23-21-19-17-15-13-11-9-7-2/h18-21,24-27,30,32,90H,6-17,22-23,28-29,31,33-89H2,1-5H3/p+1/b20-18-,21-19-,26-24-,27-25-,32-30-. The second kappa shape index (κ2) is 82.8. The van der Waals surface area contributed by atoms with Gasteiger partial charge in [0.25, 0.3) is 0 Å². The first kappa shape index (κ1) is 99.7. The van der Waals surface area contributed by atoms with Gasteiger partial charge in [-0.15, -0.1) is 0 Å². The van der Waals surface area contributed by atoms with Crippen LogP contribution in [-0.2, 0) is 32.7 Å². The number of rotatable bonds is 85. The Kier molecular flexibility index (Phi) is 80.9. The molecule has 0 saturated carbocycles. The van der Waals surface area contributed by atoms with Crippen LogP contribution >= 0.6 is 7.82 Å². The van der Waals surface area contributed by atoms with Gasteiger partial charge in [-0.25, -0.2) is 4.57 Å². The van der Waals surface area contributed by atoms with Crippen molar-refractivity contribution in [1.29, 1.82) is 0 Å². The maximum atomic E-state index is 12.9. The molecule has 0 aromatic heterocycles. The van der Waals surface area contributed by atoms with Crippen molar-refractivity contribution in [2.75, 3.05) is 47.5 Å². The van der Waals surface area contributed by atoms with Gasteiger partial charge in [-0.3, -0.25) is 18.6 Å². The van der Waals surface area contributed by atoms with Crippen molar-refractivity contribution in [2.45, 2.75) is 469 Å². The molecule has 9 nitrogen and oxygen atoms in total. The number of hydrogen-bond donors (Lipinski definition) is 1. The van der Waals surface area contributed by atoms with E-state index in [0.29, 0.717) is 23.9 Å². The van der Waals surface area contributed by atoms with Crippen molar-refractivity contribution < 1.29 is 42.1 Å². The van der Waals surface area contributed by atoms with Crippen LogP contribution in [0.3, 0.4) is 0 Å². The number of phosphoric ester groups is 1. The molecule has 0 rings (SSSR count). The maximum Gasteiger partial charge on any atom is 0.472 e. The number of nitrogens with zero attached hydrogens (tertiary/aromatic N) is 1. The number of likely N-dealkylation sites (N-methyl/N-ethyl adjacent to an activating group) is 1. The molecule has 0 aliphatic rings. The number of ether oxygens (including phenoxy) is 2. The zero-order valence-corrected chi connectivity index (χ0v) is 69.8. The molecule has 0 heterocycles. The molecular formula is C92H175NO8P+. The molecule has 0 fully saturated rings. The van der Waals surface area contributed by atoms with Gasteiger partial charge < -0.3 is 18.9 Å². The van der Waals surface area contributed by atoms with E-state index >= 15 is 0 Å². The first-order valence-corrected chi connectivity index (χ1v) is 46.5. The van der Waals surface area contributed by atoms with Gasteiger partial charge in [-0.1, -0.05) is 428 Å². The molecule has 10 heteroatoms.